The van der Waals surface area contributed by atoms with E-state index in [4.69, 9.17) is 9.47 Å². The zero-order chi connectivity index (χ0) is 13.1. The predicted molar refractivity (Wildman–Crippen MR) is 78.2 cm³/mol. The molecule has 4 heteroatoms. The number of aromatic nitrogens is 1. The van der Waals surface area contributed by atoms with Crippen molar-refractivity contribution in [2.75, 3.05) is 13.2 Å². The fraction of sp³-hybridized carbons (Fsp3) is 0.200. The molecule has 1 saturated heterocycles. The summed E-state index contributed by atoms with van der Waals surface area (Å²) < 4.78 is 14.0. The van der Waals surface area contributed by atoms with E-state index in [0.717, 1.165) is 15.9 Å². The SMILES string of the molecule is Brc1ccccc1-n1cccc1C=CC1OCCO1. The Hall–Kier alpha value is -1.36. The van der Waals surface area contributed by atoms with Gasteiger partial charge in [0.2, 0.25) is 0 Å². The first-order chi connectivity index (χ1) is 9.34. The number of benzene rings is 1. The van der Waals surface area contributed by atoms with Crippen LogP contribution in [0.4, 0.5) is 0 Å². The summed E-state index contributed by atoms with van der Waals surface area (Å²) in [5, 5.41) is 0. The summed E-state index contributed by atoms with van der Waals surface area (Å²) in [5.41, 5.74) is 2.20. The molecule has 1 fully saturated rings. The summed E-state index contributed by atoms with van der Waals surface area (Å²) in [5.74, 6) is 0. The molecule has 0 N–H and O–H groups in total. The lowest BCUT2D eigenvalue weighted by Gasteiger charge is -2.09. The van der Waals surface area contributed by atoms with Gasteiger partial charge in [-0.15, -0.1) is 0 Å². The van der Waals surface area contributed by atoms with Crippen molar-refractivity contribution in [2.45, 2.75) is 6.29 Å². The molecule has 0 atom stereocenters. The molecule has 1 aliphatic rings. The number of hydrogen-bond acceptors (Lipinski definition) is 2. The van der Waals surface area contributed by atoms with Gasteiger partial charge in [0.1, 0.15) is 0 Å². The number of para-hydroxylation sites is 1. The first-order valence-electron chi connectivity index (χ1n) is 6.18. The number of hydrogen-bond donors (Lipinski definition) is 0. The minimum atomic E-state index is -0.220. The van der Waals surface area contributed by atoms with E-state index in [2.05, 4.69) is 32.6 Å². The number of rotatable bonds is 3. The van der Waals surface area contributed by atoms with Crippen LogP contribution in [0.5, 0.6) is 0 Å². The number of ether oxygens (including phenoxy) is 2. The Morgan fingerprint density at radius 3 is 2.68 bits per heavy atom. The molecule has 0 aliphatic carbocycles. The van der Waals surface area contributed by atoms with E-state index >= 15 is 0 Å². The van der Waals surface area contributed by atoms with E-state index in [1.807, 2.05) is 42.6 Å². The molecule has 1 aliphatic heterocycles. The monoisotopic (exact) mass is 319 g/mol. The average Bonchev–Trinajstić information content (AvgIpc) is 3.08. The molecule has 0 saturated carbocycles. The van der Waals surface area contributed by atoms with Gasteiger partial charge in [-0.25, -0.2) is 0 Å². The summed E-state index contributed by atoms with van der Waals surface area (Å²) in [6.07, 6.45) is 5.78. The maximum absolute atomic E-state index is 5.39. The van der Waals surface area contributed by atoms with Crippen LogP contribution in [0.3, 0.4) is 0 Å². The van der Waals surface area contributed by atoms with E-state index < -0.39 is 0 Å². The lowest BCUT2D eigenvalue weighted by Crippen LogP contribution is -2.02. The zero-order valence-corrected chi connectivity index (χ0v) is 11.9. The van der Waals surface area contributed by atoms with Gasteiger partial charge < -0.3 is 14.0 Å². The molecule has 2 heterocycles. The number of nitrogens with zero attached hydrogens (tertiary/aromatic N) is 1. The van der Waals surface area contributed by atoms with Crippen molar-refractivity contribution in [1.29, 1.82) is 0 Å². The van der Waals surface area contributed by atoms with Crippen LogP contribution in [-0.4, -0.2) is 24.1 Å². The maximum Gasteiger partial charge on any atom is 0.177 e. The Balaban J connectivity index is 1.88. The van der Waals surface area contributed by atoms with Crippen LogP contribution in [0, 0.1) is 0 Å². The Morgan fingerprint density at radius 2 is 1.89 bits per heavy atom. The van der Waals surface area contributed by atoms with E-state index in [1.54, 1.807) is 0 Å². The van der Waals surface area contributed by atoms with Crippen molar-refractivity contribution in [3.8, 4) is 5.69 Å². The van der Waals surface area contributed by atoms with Crippen molar-refractivity contribution < 1.29 is 9.47 Å². The van der Waals surface area contributed by atoms with Crippen LogP contribution in [-0.2, 0) is 9.47 Å². The molecule has 0 unspecified atom stereocenters. The van der Waals surface area contributed by atoms with Gasteiger partial charge in [0, 0.05) is 16.4 Å². The first kappa shape index (κ1) is 12.7. The maximum atomic E-state index is 5.39. The standard InChI is InChI=1S/C15H14BrNO2/c16-13-5-1-2-6-14(13)17-9-3-4-12(17)7-8-15-18-10-11-19-15/h1-9,15H,10-11H2. The quantitative estimate of drug-likeness (QED) is 0.862. The third-order valence-corrected chi connectivity index (χ3v) is 3.63. The van der Waals surface area contributed by atoms with Gasteiger partial charge in [0.25, 0.3) is 0 Å². The molecular formula is C15H14BrNO2. The van der Waals surface area contributed by atoms with Crippen LogP contribution in [0.2, 0.25) is 0 Å². The molecule has 19 heavy (non-hydrogen) atoms. The summed E-state index contributed by atoms with van der Waals surface area (Å²) in [7, 11) is 0. The lowest BCUT2D eigenvalue weighted by molar-refractivity contribution is -0.000920. The van der Waals surface area contributed by atoms with Crippen molar-refractivity contribution in [3.63, 3.8) is 0 Å². The summed E-state index contributed by atoms with van der Waals surface area (Å²) in [4.78, 5) is 0. The highest BCUT2D eigenvalue weighted by molar-refractivity contribution is 9.10. The predicted octanol–water partition coefficient (Wildman–Crippen LogP) is 3.63. The van der Waals surface area contributed by atoms with Gasteiger partial charge >= 0.3 is 0 Å². The minimum absolute atomic E-state index is 0.220. The summed E-state index contributed by atoms with van der Waals surface area (Å²) in [6, 6.07) is 12.2. The second kappa shape index (κ2) is 5.74. The molecule has 0 bridgehead atoms. The highest BCUT2D eigenvalue weighted by Crippen LogP contribution is 2.23. The van der Waals surface area contributed by atoms with Crippen LogP contribution in [0.25, 0.3) is 11.8 Å². The van der Waals surface area contributed by atoms with Crippen LogP contribution >= 0.6 is 15.9 Å². The van der Waals surface area contributed by atoms with Crippen LogP contribution in [0.15, 0.2) is 53.1 Å². The molecule has 1 aromatic carbocycles. The normalized spacial score (nSPS) is 16.5. The fourth-order valence-corrected chi connectivity index (χ4v) is 2.54. The molecule has 98 valence electrons. The van der Waals surface area contributed by atoms with Gasteiger partial charge in [-0.1, -0.05) is 12.1 Å². The van der Waals surface area contributed by atoms with Crippen molar-refractivity contribution in [1.82, 2.24) is 4.57 Å². The molecule has 0 radical (unpaired) electrons. The largest absolute Gasteiger partial charge is 0.347 e. The van der Waals surface area contributed by atoms with Gasteiger partial charge in [0.05, 0.1) is 18.9 Å². The Morgan fingerprint density at radius 1 is 1.11 bits per heavy atom. The van der Waals surface area contributed by atoms with E-state index in [-0.39, 0.29) is 6.29 Å². The first-order valence-corrected chi connectivity index (χ1v) is 6.97. The zero-order valence-electron chi connectivity index (χ0n) is 10.3. The van der Waals surface area contributed by atoms with E-state index in [1.165, 1.54) is 0 Å². The smallest absolute Gasteiger partial charge is 0.177 e. The third kappa shape index (κ3) is 2.81. The topological polar surface area (TPSA) is 23.4 Å². The van der Waals surface area contributed by atoms with Crippen LogP contribution < -0.4 is 0 Å². The molecule has 3 nitrogen and oxygen atoms in total. The van der Waals surface area contributed by atoms with Crippen molar-refractivity contribution in [3.05, 3.63) is 58.8 Å². The Bertz CT molecular complexity index is 585. The minimum Gasteiger partial charge on any atom is -0.347 e. The second-order valence-corrected chi connectivity index (χ2v) is 5.08. The van der Waals surface area contributed by atoms with Crippen molar-refractivity contribution in [2.24, 2.45) is 0 Å². The summed E-state index contributed by atoms with van der Waals surface area (Å²) >= 11 is 3.57. The number of halogens is 1. The summed E-state index contributed by atoms with van der Waals surface area (Å²) in [6.45, 7) is 1.33. The van der Waals surface area contributed by atoms with Gasteiger partial charge in [-0.05, 0) is 52.3 Å². The average molecular weight is 320 g/mol. The van der Waals surface area contributed by atoms with E-state index in [0.29, 0.717) is 13.2 Å². The van der Waals surface area contributed by atoms with Gasteiger partial charge in [-0.3, -0.25) is 0 Å². The van der Waals surface area contributed by atoms with E-state index in [9.17, 15) is 0 Å². The Labute approximate surface area is 120 Å². The molecule has 0 amide bonds. The molecule has 2 aromatic rings. The third-order valence-electron chi connectivity index (χ3n) is 2.96. The van der Waals surface area contributed by atoms with Gasteiger partial charge in [0.15, 0.2) is 6.29 Å². The second-order valence-electron chi connectivity index (χ2n) is 4.22. The van der Waals surface area contributed by atoms with Crippen molar-refractivity contribution >= 4 is 22.0 Å². The highest BCUT2D eigenvalue weighted by Gasteiger charge is 2.12. The molecule has 3 rings (SSSR count). The molecular weight excluding hydrogens is 306 g/mol. The highest BCUT2D eigenvalue weighted by atomic mass is 79.9. The lowest BCUT2D eigenvalue weighted by atomic mass is 10.3. The molecule has 1 aromatic heterocycles. The molecule has 0 spiro atoms. The Kier molecular flexibility index (Phi) is 3.82. The van der Waals surface area contributed by atoms with Gasteiger partial charge in [-0.2, -0.15) is 0 Å². The fourth-order valence-electron chi connectivity index (χ4n) is 2.06. The van der Waals surface area contributed by atoms with Crippen LogP contribution in [0.1, 0.15) is 5.69 Å².